The molecule has 0 aromatic heterocycles. The van der Waals surface area contributed by atoms with E-state index in [2.05, 4.69) is 56.6 Å². The lowest BCUT2D eigenvalue weighted by molar-refractivity contribution is 0.167. The number of halogens is 1. The Balaban J connectivity index is 2.17. The smallest absolute Gasteiger partial charge is 0.0406 e. The highest BCUT2D eigenvalue weighted by Gasteiger charge is 2.26. The van der Waals surface area contributed by atoms with Crippen LogP contribution in [0.2, 0.25) is 5.02 Å². The van der Waals surface area contributed by atoms with Gasteiger partial charge in [-0.1, -0.05) is 49.7 Å². The van der Waals surface area contributed by atoms with Gasteiger partial charge in [0.25, 0.3) is 0 Å². The molecule has 1 heterocycles. The molecule has 2 nitrogen and oxygen atoms in total. The molecule has 0 spiro atoms. The van der Waals surface area contributed by atoms with Crippen molar-refractivity contribution in [2.45, 2.75) is 45.7 Å². The zero-order valence-electron chi connectivity index (χ0n) is 14.3. The molecule has 0 radical (unpaired) electrons. The summed E-state index contributed by atoms with van der Waals surface area (Å²) in [6.45, 7) is 16.6. The molecule has 1 aromatic rings. The van der Waals surface area contributed by atoms with Crippen molar-refractivity contribution in [2.24, 2.45) is 5.92 Å². The number of piperazine rings is 1. The van der Waals surface area contributed by atoms with Crippen LogP contribution in [0.3, 0.4) is 0 Å². The van der Waals surface area contributed by atoms with Gasteiger partial charge in [0.15, 0.2) is 0 Å². The van der Waals surface area contributed by atoms with Gasteiger partial charge in [-0.3, -0.25) is 4.90 Å². The first-order valence-electron chi connectivity index (χ1n) is 8.29. The SMILES string of the molecule is C=C(C(C)C)[C@@H](CN1C[C@@H](C)N[C@@H](C)C1)c1ccc(Cl)cc1. The molecule has 3 heteroatoms. The third-order valence-corrected chi connectivity index (χ3v) is 4.79. The van der Waals surface area contributed by atoms with Crippen LogP contribution < -0.4 is 5.32 Å². The Bertz CT molecular complexity index is 485. The fourth-order valence-corrected chi connectivity index (χ4v) is 3.51. The quantitative estimate of drug-likeness (QED) is 0.813. The van der Waals surface area contributed by atoms with Crippen LogP contribution in [0, 0.1) is 5.92 Å². The lowest BCUT2D eigenvalue weighted by Gasteiger charge is -2.39. The molecule has 0 bridgehead atoms. The number of hydrogen-bond acceptors (Lipinski definition) is 2. The topological polar surface area (TPSA) is 15.3 Å². The van der Waals surface area contributed by atoms with Crippen LogP contribution in [0.25, 0.3) is 0 Å². The van der Waals surface area contributed by atoms with Crippen LogP contribution in [-0.4, -0.2) is 36.6 Å². The van der Waals surface area contributed by atoms with E-state index < -0.39 is 0 Å². The van der Waals surface area contributed by atoms with Gasteiger partial charge < -0.3 is 5.32 Å². The van der Waals surface area contributed by atoms with Gasteiger partial charge in [0.05, 0.1) is 0 Å². The van der Waals surface area contributed by atoms with Crippen LogP contribution in [0.4, 0.5) is 0 Å². The third kappa shape index (κ3) is 4.58. The minimum absolute atomic E-state index is 0.370. The first-order chi connectivity index (χ1) is 10.4. The van der Waals surface area contributed by atoms with E-state index in [-0.39, 0.29) is 0 Å². The number of nitrogens with one attached hydrogen (secondary N) is 1. The Kier molecular flexibility index (Phi) is 6.08. The van der Waals surface area contributed by atoms with Crippen molar-refractivity contribution in [3.05, 3.63) is 47.0 Å². The molecule has 1 aliphatic heterocycles. The van der Waals surface area contributed by atoms with Crippen molar-refractivity contribution in [1.29, 1.82) is 0 Å². The largest absolute Gasteiger partial charge is 0.309 e. The molecule has 1 fully saturated rings. The summed E-state index contributed by atoms with van der Waals surface area (Å²) in [6.07, 6.45) is 0. The predicted octanol–water partition coefficient (Wildman–Crippen LogP) is 4.32. The number of benzene rings is 1. The highest BCUT2D eigenvalue weighted by molar-refractivity contribution is 6.30. The van der Waals surface area contributed by atoms with Crippen LogP contribution in [0.15, 0.2) is 36.4 Å². The normalized spacial score (nSPS) is 24.5. The van der Waals surface area contributed by atoms with Gasteiger partial charge in [0, 0.05) is 42.7 Å². The highest BCUT2D eigenvalue weighted by atomic mass is 35.5. The molecule has 22 heavy (non-hydrogen) atoms. The maximum absolute atomic E-state index is 6.05. The molecule has 1 aliphatic rings. The van der Waals surface area contributed by atoms with Crippen molar-refractivity contribution < 1.29 is 0 Å². The van der Waals surface area contributed by atoms with Gasteiger partial charge >= 0.3 is 0 Å². The second-order valence-corrected chi connectivity index (χ2v) is 7.46. The number of rotatable bonds is 5. The minimum atomic E-state index is 0.370. The molecule has 1 N–H and O–H groups in total. The first-order valence-corrected chi connectivity index (χ1v) is 8.67. The summed E-state index contributed by atoms with van der Waals surface area (Å²) in [4.78, 5) is 2.57. The number of hydrogen-bond donors (Lipinski definition) is 1. The van der Waals surface area contributed by atoms with E-state index in [9.17, 15) is 0 Å². The van der Waals surface area contributed by atoms with E-state index in [1.807, 2.05) is 12.1 Å². The minimum Gasteiger partial charge on any atom is -0.309 e. The second-order valence-electron chi connectivity index (χ2n) is 7.02. The molecule has 0 aliphatic carbocycles. The second kappa shape index (κ2) is 7.63. The van der Waals surface area contributed by atoms with E-state index in [1.165, 1.54) is 11.1 Å². The lowest BCUT2D eigenvalue weighted by atomic mass is 9.85. The molecule has 2 rings (SSSR count). The van der Waals surface area contributed by atoms with Crippen LogP contribution in [0.5, 0.6) is 0 Å². The Hall–Kier alpha value is -0.830. The Morgan fingerprint density at radius 1 is 1.23 bits per heavy atom. The van der Waals surface area contributed by atoms with Crippen LogP contribution in [0.1, 0.15) is 39.2 Å². The maximum Gasteiger partial charge on any atom is 0.0406 e. The third-order valence-electron chi connectivity index (χ3n) is 4.54. The summed E-state index contributed by atoms with van der Waals surface area (Å²) >= 11 is 6.05. The van der Waals surface area contributed by atoms with Crippen LogP contribution >= 0.6 is 11.6 Å². The summed E-state index contributed by atoms with van der Waals surface area (Å²) in [6, 6.07) is 9.36. The van der Waals surface area contributed by atoms with E-state index in [0.29, 0.717) is 23.9 Å². The van der Waals surface area contributed by atoms with Gasteiger partial charge in [-0.25, -0.2) is 0 Å². The maximum atomic E-state index is 6.05. The molecular formula is C19H29ClN2. The number of nitrogens with zero attached hydrogens (tertiary/aromatic N) is 1. The lowest BCUT2D eigenvalue weighted by Crippen LogP contribution is -2.55. The zero-order chi connectivity index (χ0) is 16.3. The highest BCUT2D eigenvalue weighted by Crippen LogP contribution is 2.30. The van der Waals surface area contributed by atoms with E-state index >= 15 is 0 Å². The summed E-state index contributed by atoms with van der Waals surface area (Å²) in [5.74, 6) is 0.855. The fraction of sp³-hybridized carbons (Fsp3) is 0.579. The Morgan fingerprint density at radius 3 is 2.27 bits per heavy atom. The van der Waals surface area contributed by atoms with E-state index in [1.54, 1.807) is 0 Å². The molecule has 0 unspecified atom stereocenters. The van der Waals surface area contributed by atoms with Crippen molar-refractivity contribution in [3.8, 4) is 0 Å². The Morgan fingerprint density at radius 2 is 1.77 bits per heavy atom. The fourth-order valence-electron chi connectivity index (χ4n) is 3.38. The van der Waals surface area contributed by atoms with E-state index in [4.69, 9.17) is 11.6 Å². The summed E-state index contributed by atoms with van der Waals surface area (Å²) in [5.41, 5.74) is 2.63. The van der Waals surface area contributed by atoms with Gasteiger partial charge in [0.1, 0.15) is 0 Å². The van der Waals surface area contributed by atoms with E-state index in [0.717, 1.165) is 24.7 Å². The van der Waals surface area contributed by atoms with Crippen molar-refractivity contribution >= 4 is 11.6 Å². The molecule has 1 aromatic carbocycles. The molecule has 1 saturated heterocycles. The van der Waals surface area contributed by atoms with Crippen molar-refractivity contribution in [2.75, 3.05) is 19.6 Å². The monoisotopic (exact) mass is 320 g/mol. The molecule has 0 saturated carbocycles. The average molecular weight is 321 g/mol. The first kappa shape index (κ1) is 17.5. The van der Waals surface area contributed by atoms with Gasteiger partial charge in [0.2, 0.25) is 0 Å². The molecule has 0 amide bonds. The van der Waals surface area contributed by atoms with Crippen molar-refractivity contribution in [1.82, 2.24) is 10.2 Å². The summed E-state index contributed by atoms with van der Waals surface area (Å²) in [5, 5.41) is 4.39. The van der Waals surface area contributed by atoms with Gasteiger partial charge in [-0.15, -0.1) is 0 Å². The molecule has 3 atom stereocenters. The molecular weight excluding hydrogens is 292 g/mol. The Labute approximate surface area is 140 Å². The zero-order valence-corrected chi connectivity index (χ0v) is 15.0. The standard InChI is InChI=1S/C19H29ClN2/c1-13(2)16(5)19(17-6-8-18(20)9-7-17)12-22-10-14(3)21-15(4)11-22/h6-9,13-15,19,21H,5,10-12H2,1-4H3/t14-,15+,19-/m1/s1. The predicted molar refractivity (Wildman–Crippen MR) is 96.7 cm³/mol. The average Bonchev–Trinajstić information content (AvgIpc) is 2.44. The van der Waals surface area contributed by atoms with Crippen LogP contribution in [-0.2, 0) is 0 Å². The molecule has 122 valence electrons. The van der Waals surface area contributed by atoms with Crippen molar-refractivity contribution in [3.63, 3.8) is 0 Å². The summed E-state index contributed by atoms with van der Waals surface area (Å²) < 4.78 is 0. The van der Waals surface area contributed by atoms with Gasteiger partial charge in [-0.2, -0.15) is 0 Å². The summed E-state index contributed by atoms with van der Waals surface area (Å²) in [7, 11) is 0. The van der Waals surface area contributed by atoms with Gasteiger partial charge in [-0.05, 0) is 37.5 Å².